The zero-order chi connectivity index (χ0) is 15.4. The van der Waals surface area contributed by atoms with E-state index < -0.39 is 4.92 Å². The molecule has 1 aromatic heterocycles. The minimum atomic E-state index is -0.532. The van der Waals surface area contributed by atoms with Gasteiger partial charge in [-0.05, 0) is 13.0 Å². The van der Waals surface area contributed by atoms with Crippen LogP contribution < -0.4 is 11.1 Å². The van der Waals surface area contributed by atoms with Gasteiger partial charge in [-0.2, -0.15) is 4.98 Å². The molecule has 0 spiro atoms. The van der Waals surface area contributed by atoms with Crippen molar-refractivity contribution >= 4 is 23.1 Å². The van der Waals surface area contributed by atoms with E-state index in [1.165, 1.54) is 6.92 Å². The van der Waals surface area contributed by atoms with Gasteiger partial charge >= 0.3 is 5.69 Å². The van der Waals surface area contributed by atoms with Crippen molar-refractivity contribution in [2.75, 3.05) is 18.2 Å². The molecule has 0 aliphatic heterocycles. The number of nitro groups is 1. The second-order valence-corrected chi connectivity index (χ2v) is 4.34. The molecule has 21 heavy (non-hydrogen) atoms. The van der Waals surface area contributed by atoms with Crippen LogP contribution in [0.15, 0.2) is 24.3 Å². The maximum atomic E-state index is 11.2. The molecule has 0 amide bonds. The number of nitrogens with zero attached hydrogens (tertiary/aromatic N) is 3. The molecular weight excluding hydrogens is 274 g/mol. The van der Waals surface area contributed by atoms with E-state index in [2.05, 4.69) is 15.3 Å². The molecule has 2 rings (SSSR count). The van der Waals surface area contributed by atoms with Gasteiger partial charge in [0.15, 0.2) is 0 Å². The van der Waals surface area contributed by atoms with Gasteiger partial charge < -0.3 is 15.8 Å². The number of rotatable bonds is 5. The number of anilines is 3. The number of para-hydroxylation sites is 1. The lowest BCUT2D eigenvalue weighted by Crippen LogP contribution is -2.08. The number of benzene rings is 1. The van der Waals surface area contributed by atoms with Crippen LogP contribution in [0, 0.1) is 17.0 Å². The largest absolute Gasteiger partial charge is 0.380 e. The summed E-state index contributed by atoms with van der Waals surface area (Å²) in [5.41, 5.74) is 7.10. The Labute approximate surface area is 121 Å². The Morgan fingerprint density at radius 2 is 2.10 bits per heavy atom. The molecule has 0 unspecified atom stereocenters. The predicted molar refractivity (Wildman–Crippen MR) is 78.3 cm³/mol. The average Bonchev–Trinajstić information content (AvgIpc) is 2.40. The summed E-state index contributed by atoms with van der Waals surface area (Å²) in [6, 6.07) is 7.30. The van der Waals surface area contributed by atoms with Crippen molar-refractivity contribution in [2.24, 2.45) is 0 Å². The van der Waals surface area contributed by atoms with Gasteiger partial charge in [0.2, 0.25) is 11.8 Å². The van der Waals surface area contributed by atoms with Crippen molar-refractivity contribution in [1.29, 1.82) is 0 Å². The summed E-state index contributed by atoms with van der Waals surface area (Å²) in [6.07, 6.45) is 0. The van der Waals surface area contributed by atoms with Crippen molar-refractivity contribution in [3.63, 3.8) is 0 Å². The van der Waals surface area contributed by atoms with Crippen molar-refractivity contribution in [1.82, 2.24) is 9.97 Å². The first kappa shape index (κ1) is 14.7. The minimum absolute atomic E-state index is 0.0233. The van der Waals surface area contributed by atoms with Gasteiger partial charge in [0.1, 0.15) is 5.69 Å². The van der Waals surface area contributed by atoms with Crippen LogP contribution in [0.5, 0.6) is 0 Å². The van der Waals surface area contributed by atoms with E-state index in [0.29, 0.717) is 12.3 Å². The molecule has 110 valence electrons. The quantitative estimate of drug-likeness (QED) is 0.639. The number of nitrogens with two attached hydrogens (primary N) is 1. The second-order valence-electron chi connectivity index (χ2n) is 4.34. The Hall–Kier alpha value is -2.74. The van der Waals surface area contributed by atoms with Crippen LogP contribution in [0.25, 0.3) is 0 Å². The van der Waals surface area contributed by atoms with E-state index in [4.69, 9.17) is 10.5 Å². The Morgan fingerprint density at radius 1 is 1.38 bits per heavy atom. The molecule has 0 aliphatic rings. The number of hydrogen-bond acceptors (Lipinski definition) is 7. The molecule has 0 atom stereocenters. The zero-order valence-corrected chi connectivity index (χ0v) is 11.7. The number of aromatic nitrogens is 2. The van der Waals surface area contributed by atoms with Crippen LogP contribution in [-0.2, 0) is 11.3 Å². The molecule has 0 bridgehead atoms. The van der Waals surface area contributed by atoms with Gasteiger partial charge in [-0.3, -0.25) is 10.1 Å². The highest BCUT2D eigenvalue weighted by molar-refractivity contribution is 5.69. The molecule has 3 N–H and O–H groups in total. The van der Waals surface area contributed by atoms with Crippen molar-refractivity contribution < 1.29 is 9.66 Å². The van der Waals surface area contributed by atoms with E-state index in [-0.39, 0.29) is 23.1 Å². The van der Waals surface area contributed by atoms with Gasteiger partial charge in [-0.25, -0.2) is 4.98 Å². The van der Waals surface area contributed by atoms with Crippen LogP contribution in [0.3, 0.4) is 0 Å². The lowest BCUT2D eigenvalue weighted by Gasteiger charge is -2.12. The average molecular weight is 289 g/mol. The third-order valence-electron chi connectivity index (χ3n) is 2.83. The highest BCUT2D eigenvalue weighted by atomic mass is 16.6. The normalized spacial score (nSPS) is 10.4. The minimum Gasteiger partial charge on any atom is -0.380 e. The number of methoxy groups -OCH3 is 1. The molecule has 0 saturated heterocycles. The van der Waals surface area contributed by atoms with Gasteiger partial charge in [0, 0.05) is 18.4 Å². The summed E-state index contributed by atoms with van der Waals surface area (Å²) < 4.78 is 5.10. The SMILES string of the molecule is COCc1ccccc1Nc1nc(N)nc(C)c1[N+](=O)[O-]. The maximum Gasteiger partial charge on any atom is 0.332 e. The topological polar surface area (TPSA) is 116 Å². The van der Waals surface area contributed by atoms with Crippen molar-refractivity contribution in [3.05, 3.63) is 45.6 Å². The van der Waals surface area contributed by atoms with Crippen molar-refractivity contribution in [2.45, 2.75) is 13.5 Å². The molecule has 2 aromatic rings. The maximum absolute atomic E-state index is 11.2. The van der Waals surface area contributed by atoms with E-state index in [1.54, 1.807) is 13.2 Å². The molecule has 0 fully saturated rings. The first-order valence-electron chi connectivity index (χ1n) is 6.15. The first-order chi connectivity index (χ1) is 10.0. The molecule has 1 aromatic carbocycles. The molecule has 0 aliphatic carbocycles. The third-order valence-corrected chi connectivity index (χ3v) is 2.83. The number of aryl methyl sites for hydroxylation is 1. The Morgan fingerprint density at radius 3 is 2.76 bits per heavy atom. The zero-order valence-electron chi connectivity index (χ0n) is 11.7. The molecule has 0 radical (unpaired) electrons. The number of nitrogens with one attached hydrogen (secondary N) is 1. The van der Waals surface area contributed by atoms with Crippen LogP contribution in [0.4, 0.5) is 23.1 Å². The number of nitrogen functional groups attached to an aromatic ring is 1. The van der Waals surface area contributed by atoms with Crippen LogP contribution in [0.2, 0.25) is 0 Å². The molecule has 8 heteroatoms. The van der Waals surface area contributed by atoms with Crippen LogP contribution in [-0.4, -0.2) is 22.0 Å². The van der Waals surface area contributed by atoms with Gasteiger partial charge in [0.05, 0.1) is 11.5 Å². The molecule has 1 heterocycles. The smallest absolute Gasteiger partial charge is 0.332 e. The summed E-state index contributed by atoms with van der Waals surface area (Å²) in [5, 5.41) is 14.1. The van der Waals surface area contributed by atoms with Crippen molar-refractivity contribution in [3.8, 4) is 0 Å². The fraction of sp³-hybridized carbons (Fsp3) is 0.231. The second kappa shape index (κ2) is 6.14. The number of hydrogen-bond donors (Lipinski definition) is 2. The Kier molecular flexibility index (Phi) is 4.29. The molecule has 0 saturated carbocycles. The van der Waals surface area contributed by atoms with E-state index in [9.17, 15) is 10.1 Å². The summed E-state index contributed by atoms with van der Waals surface area (Å²) in [5.74, 6) is 0.0402. The third kappa shape index (κ3) is 3.23. The van der Waals surface area contributed by atoms with Crippen LogP contribution in [0.1, 0.15) is 11.3 Å². The lowest BCUT2D eigenvalue weighted by atomic mass is 10.2. The van der Waals surface area contributed by atoms with Gasteiger partial charge in [-0.1, -0.05) is 18.2 Å². The summed E-state index contributed by atoms with van der Waals surface area (Å²) in [6.45, 7) is 1.89. The Balaban J connectivity index is 2.47. The number of ether oxygens (including phenoxy) is 1. The van der Waals surface area contributed by atoms with E-state index >= 15 is 0 Å². The molecular formula is C13H15N5O3. The Bertz CT molecular complexity index is 675. The molecule has 8 nitrogen and oxygen atoms in total. The standard InChI is InChI=1S/C13H15N5O3/c1-8-11(18(19)20)12(17-13(14)15-8)16-10-6-4-3-5-9(10)7-21-2/h3-6H,7H2,1-2H3,(H3,14,15,16,17). The van der Waals surface area contributed by atoms with Gasteiger partial charge in [-0.15, -0.1) is 0 Å². The summed E-state index contributed by atoms with van der Waals surface area (Å²) >= 11 is 0. The highest BCUT2D eigenvalue weighted by Crippen LogP contribution is 2.30. The van der Waals surface area contributed by atoms with E-state index in [0.717, 1.165) is 5.56 Å². The summed E-state index contributed by atoms with van der Waals surface area (Å²) in [4.78, 5) is 18.4. The van der Waals surface area contributed by atoms with Gasteiger partial charge in [0.25, 0.3) is 0 Å². The fourth-order valence-corrected chi connectivity index (χ4v) is 1.95. The summed E-state index contributed by atoms with van der Waals surface area (Å²) in [7, 11) is 1.58. The fourth-order valence-electron chi connectivity index (χ4n) is 1.95. The predicted octanol–water partition coefficient (Wildman–Crippen LogP) is 2.17. The monoisotopic (exact) mass is 289 g/mol. The van der Waals surface area contributed by atoms with E-state index in [1.807, 2.05) is 18.2 Å². The van der Waals surface area contributed by atoms with Crippen LogP contribution >= 0.6 is 0 Å². The highest BCUT2D eigenvalue weighted by Gasteiger charge is 2.22. The lowest BCUT2D eigenvalue weighted by molar-refractivity contribution is -0.385. The first-order valence-corrected chi connectivity index (χ1v) is 6.15.